The van der Waals surface area contributed by atoms with Crippen molar-refractivity contribution in [2.75, 3.05) is 18.1 Å². The van der Waals surface area contributed by atoms with E-state index in [1.165, 1.54) is 12.1 Å². The minimum atomic E-state index is -2.94. The van der Waals surface area contributed by atoms with Gasteiger partial charge < -0.3 is 4.90 Å². The Morgan fingerprint density at radius 3 is 2.67 bits per heavy atom. The van der Waals surface area contributed by atoms with E-state index < -0.39 is 9.84 Å². The molecule has 9 heteroatoms. The van der Waals surface area contributed by atoms with Gasteiger partial charge in [-0.2, -0.15) is 4.68 Å². The first kappa shape index (κ1) is 19.9. The van der Waals surface area contributed by atoms with Crippen LogP contribution >= 0.6 is 12.2 Å². The van der Waals surface area contributed by atoms with Crippen molar-refractivity contribution in [3.8, 4) is 11.4 Å². The molecule has 0 aliphatic carbocycles. The van der Waals surface area contributed by atoms with Gasteiger partial charge in [0.25, 0.3) is 0 Å². The molecule has 2 aromatic rings. The second-order valence-corrected chi connectivity index (χ2v) is 9.38. The molecule has 6 nitrogen and oxygen atoms in total. The van der Waals surface area contributed by atoms with Crippen LogP contribution in [0.2, 0.25) is 0 Å². The Balaban J connectivity index is 1.93. The number of quaternary nitrogens is 1. The number of sulfone groups is 1. The summed E-state index contributed by atoms with van der Waals surface area (Å²) in [5.41, 5.74) is 0.768. The van der Waals surface area contributed by atoms with Gasteiger partial charge in [-0.15, -0.1) is 11.7 Å². The number of hydrogen-bond acceptors (Lipinski definition) is 4. The summed E-state index contributed by atoms with van der Waals surface area (Å²) in [7, 11) is -2.94. The summed E-state index contributed by atoms with van der Waals surface area (Å²) < 4.78 is 41.1. The Morgan fingerprint density at radius 2 is 2.11 bits per heavy atom. The van der Waals surface area contributed by atoms with Gasteiger partial charge in [-0.05, 0) is 43.4 Å². The fourth-order valence-corrected chi connectivity index (χ4v) is 5.58. The van der Waals surface area contributed by atoms with Gasteiger partial charge in [0.05, 0.1) is 12.3 Å². The van der Waals surface area contributed by atoms with Crippen molar-refractivity contribution in [2.45, 2.75) is 32.6 Å². The number of nitrogens with one attached hydrogen (secondary N) is 1. The van der Waals surface area contributed by atoms with E-state index >= 15 is 0 Å². The van der Waals surface area contributed by atoms with Crippen LogP contribution in [0.1, 0.15) is 13.3 Å². The summed E-state index contributed by atoms with van der Waals surface area (Å²) in [4.78, 5) is 1.14. The second-order valence-electron chi connectivity index (χ2n) is 6.78. The van der Waals surface area contributed by atoms with Crippen LogP contribution < -0.4 is 4.90 Å². The van der Waals surface area contributed by atoms with Crippen LogP contribution in [0.25, 0.3) is 11.4 Å². The first-order valence-corrected chi connectivity index (χ1v) is 11.2. The van der Waals surface area contributed by atoms with Gasteiger partial charge in [-0.1, -0.05) is 6.08 Å². The summed E-state index contributed by atoms with van der Waals surface area (Å²) >= 11 is 5.60. The molecule has 1 aliphatic rings. The molecule has 3 rings (SSSR count). The van der Waals surface area contributed by atoms with Crippen LogP contribution in [0.3, 0.4) is 0 Å². The highest BCUT2D eigenvalue weighted by molar-refractivity contribution is 7.91. The molecule has 1 saturated heterocycles. The Morgan fingerprint density at radius 1 is 1.41 bits per heavy atom. The molecule has 0 saturated carbocycles. The average molecular weight is 412 g/mol. The van der Waals surface area contributed by atoms with Gasteiger partial charge in [0.1, 0.15) is 17.6 Å². The lowest BCUT2D eigenvalue weighted by atomic mass is 10.2. The van der Waals surface area contributed by atoms with E-state index in [-0.39, 0.29) is 23.4 Å². The molecule has 1 fully saturated rings. The molecule has 2 atom stereocenters. The highest BCUT2D eigenvalue weighted by atomic mass is 32.2. The van der Waals surface area contributed by atoms with Gasteiger partial charge in [0, 0.05) is 18.5 Å². The van der Waals surface area contributed by atoms with Crippen molar-refractivity contribution < 1.29 is 17.7 Å². The Labute approximate surface area is 163 Å². The SMILES string of the molecule is C=CCn1c(-c2ccc(F)cc2)nn(C[NH+](CC)[C@H]2CCS(=O)(=O)C2)c1=S. The molecule has 1 unspecified atom stereocenters. The van der Waals surface area contributed by atoms with Crippen molar-refractivity contribution in [1.29, 1.82) is 0 Å². The predicted octanol–water partition coefficient (Wildman–Crippen LogP) is 1.46. The Hall–Kier alpha value is -1.84. The quantitative estimate of drug-likeness (QED) is 0.554. The topological polar surface area (TPSA) is 61.3 Å². The lowest BCUT2D eigenvalue weighted by molar-refractivity contribution is -0.943. The van der Waals surface area contributed by atoms with E-state index in [4.69, 9.17) is 12.2 Å². The van der Waals surface area contributed by atoms with E-state index in [0.29, 0.717) is 30.2 Å². The minimum Gasteiger partial charge on any atom is -0.313 e. The molecule has 1 aromatic heterocycles. The Kier molecular flexibility index (Phi) is 5.92. The number of nitrogens with zero attached hydrogens (tertiary/aromatic N) is 3. The highest BCUT2D eigenvalue weighted by Crippen LogP contribution is 2.19. The molecule has 146 valence electrons. The lowest BCUT2D eigenvalue weighted by Gasteiger charge is -2.23. The summed E-state index contributed by atoms with van der Waals surface area (Å²) in [6.07, 6.45) is 2.40. The number of aromatic nitrogens is 3. The largest absolute Gasteiger partial charge is 0.313 e. The lowest BCUT2D eigenvalue weighted by Crippen LogP contribution is -3.15. The van der Waals surface area contributed by atoms with Crippen LogP contribution in [-0.4, -0.2) is 46.9 Å². The molecule has 27 heavy (non-hydrogen) atoms. The van der Waals surface area contributed by atoms with Crippen LogP contribution in [-0.2, 0) is 23.1 Å². The molecular formula is C18H24FN4O2S2+. The normalized spacial score (nSPS) is 19.9. The van der Waals surface area contributed by atoms with Crippen LogP contribution in [0.5, 0.6) is 0 Å². The van der Waals surface area contributed by atoms with Crippen LogP contribution in [0, 0.1) is 10.6 Å². The molecule has 0 amide bonds. The first-order valence-electron chi connectivity index (χ1n) is 8.94. The number of hydrogen-bond donors (Lipinski definition) is 1. The molecule has 0 radical (unpaired) electrons. The third kappa shape index (κ3) is 4.36. The van der Waals surface area contributed by atoms with Gasteiger partial charge >= 0.3 is 0 Å². The standard InChI is InChI=1S/C18H23FN4O2S2/c1-3-10-22-17(14-5-7-15(19)8-6-14)20-23(18(22)26)13-21(4-2)16-9-11-27(24,25)12-16/h3,5-8,16H,1,4,9-13H2,2H3/p+1/t16-/m0/s1. The zero-order valence-corrected chi connectivity index (χ0v) is 16.9. The number of allylic oxidation sites excluding steroid dienone is 1. The second kappa shape index (κ2) is 8.04. The molecule has 1 N–H and O–H groups in total. The summed E-state index contributed by atoms with van der Waals surface area (Å²) in [5, 5.41) is 4.66. The number of halogens is 1. The van der Waals surface area contributed by atoms with Crippen molar-refractivity contribution in [3.63, 3.8) is 0 Å². The molecule has 2 heterocycles. The average Bonchev–Trinajstić information content (AvgIpc) is 3.14. The zero-order chi connectivity index (χ0) is 19.6. The van der Waals surface area contributed by atoms with Crippen LogP contribution in [0.4, 0.5) is 4.39 Å². The van der Waals surface area contributed by atoms with E-state index in [1.54, 1.807) is 22.9 Å². The number of rotatable bonds is 7. The fourth-order valence-electron chi connectivity index (χ4n) is 3.49. The molecule has 0 spiro atoms. The van der Waals surface area contributed by atoms with E-state index in [0.717, 1.165) is 17.0 Å². The maximum atomic E-state index is 13.3. The maximum Gasteiger partial charge on any atom is 0.203 e. The van der Waals surface area contributed by atoms with Crippen molar-refractivity contribution in [3.05, 3.63) is 47.5 Å². The zero-order valence-electron chi connectivity index (χ0n) is 15.3. The maximum absolute atomic E-state index is 13.3. The van der Waals surface area contributed by atoms with Crippen molar-refractivity contribution in [1.82, 2.24) is 14.3 Å². The fraction of sp³-hybridized carbons (Fsp3) is 0.444. The number of benzene rings is 1. The monoisotopic (exact) mass is 411 g/mol. The molecular weight excluding hydrogens is 387 g/mol. The van der Waals surface area contributed by atoms with Gasteiger partial charge in [0.2, 0.25) is 4.77 Å². The first-order chi connectivity index (χ1) is 12.8. The molecule has 1 aromatic carbocycles. The van der Waals surface area contributed by atoms with Gasteiger partial charge in [-0.3, -0.25) is 4.57 Å². The third-order valence-corrected chi connectivity index (χ3v) is 7.15. The predicted molar refractivity (Wildman–Crippen MR) is 105 cm³/mol. The third-order valence-electron chi connectivity index (χ3n) is 4.95. The molecule has 0 bridgehead atoms. The van der Waals surface area contributed by atoms with Gasteiger partial charge in [0.15, 0.2) is 22.3 Å². The van der Waals surface area contributed by atoms with E-state index in [2.05, 4.69) is 11.7 Å². The molecule has 1 aliphatic heterocycles. The van der Waals surface area contributed by atoms with Crippen LogP contribution in [0.15, 0.2) is 36.9 Å². The highest BCUT2D eigenvalue weighted by Gasteiger charge is 2.35. The Bertz CT molecular complexity index is 980. The smallest absolute Gasteiger partial charge is 0.203 e. The van der Waals surface area contributed by atoms with E-state index in [1.807, 2.05) is 11.5 Å². The van der Waals surface area contributed by atoms with E-state index in [9.17, 15) is 12.8 Å². The summed E-state index contributed by atoms with van der Waals surface area (Å²) in [6, 6.07) is 6.18. The minimum absolute atomic E-state index is 0.0562. The van der Waals surface area contributed by atoms with Crippen molar-refractivity contribution in [2.24, 2.45) is 0 Å². The summed E-state index contributed by atoms with van der Waals surface area (Å²) in [6.45, 7) is 7.57. The van der Waals surface area contributed by atoms with Crippen molar-refractivity contribution >= 4 is 22.1 Å². The summed E-state index contributed by atoms with van der Waals surface area (Å²) in [5.74, 6) is 0.797. The van der Waals surface area contributed by atoms with Gasteiger partial charge in [-0.25, -0.2) is 12.8 Å².